The van der Waals surface area contributed by atoms with Gasteiger partial charge >= 0.3 is 0 Å². The van der Waals surface area contributed by atoms with Crippen molar-refractivity contribution in [2.75, 3.05) is 31.1 Å². The molecule has 2 aromatic rings. The minimum absolute atomic E-state index is 0.0821. The first-order valence-corrected chi connectivity index (χ1v) is 11.0. The highest BCUT2D eigenvalue weighted by atomic mass is 35.5. The number of imidazole rings is 1. The molecule has 3 aliphatic rings. The molecule has 3 fully saturated rings. The van der Waals surface area contributed by atoms with E-state index in [1.807, 2.05) is 6.07 Å². The van der Waals surface area contributed by atoms with Crippen LogP contribution >= 0.6 is 23.4 Å². The molecule has 5 rings (SSSR count). The predicted molar refractivity (Wildman–Crippen MR) is 109 cm³/mol. The van der Waals surface area contributed by atoms with Gasteiger partial charge in [-0.05, 0) is 43.2 Å². The summed E-state index contributed by atoms with van der Waals surface area (Å²) >= 11 is 8.13. The lowest BCUT2D eigenvalue weighted by Crippen LogP contribution is -2.43. The van der Waals surface area contributed by atoms with Crippen molar-refractivity contribution in [3.8, 4) is 0 Å². The molecule has 27 heavy (non-hydrogen) atoms. The van der Waals surface area contributed by atoms with E-state index in [4.69, 9.17) is 16.6 Å². The number of hydrogen-bond acceptors (Lipinski definition) is 6. The monoisotopic (exact) mass is 408 g/mol. The Kier molecular flexibility index (Phi) is 4.76. The number of thioether (sulfide) groups is 1. The quantitative estimate of drug-likeness (QED) is 0.623. The van der Waals surface area contributed by atoms with Gasteiger partial charge in [-0.3, -0.25) is 0 Å². The summed E-state index contributed by atoms with van der Waals surface area (Å²) in [6, 6.07) is 4.02. The number of aliphatic hydroxyl groups is 2. The molecule has 1 saturated heterocycles. The average molecular weight is 409 g/mol. The summed E-state index contributed by atoms with van der Waals surface area (Å²) in [5.74, 6) is 0.464. The van der Waals surface area contributed by atoms with E-state index >= 15 is 0 Å². The van der Waals surface area contributed by atoms with Gasteiger partial charge in [-0.1, -0.05) is 23.4 Å². The molecular weight excluding hydrogens is 384 g/mol. The highest BCUT2D eigenvalue weighted by Gasteiger charge is 2.49. The molecule has 1 aliphatic heterocycles. The number of nitrogens with zero attached hydrogens (tertiary/aromatic N) is 2. The summed E-state index contributed by atoms with van der Waals surface area (Å²) in [4.78, 5) is 10.4. The Labute approximate surface area is 167 Å². The Morgan fingerprint density at radius 1 is 1.15 bits per heavy atom. The van der Waals surface area contributed by atoms with E-state index in [1.54, 1.807) is 11.8 Å². The van der Waals surface area contributed by atoms with Crippen LogP contribution in [0.3, 0.4) is 0 Å². The normalized spacial score (nSPS) is 33.7. The lowest BCUT2D eigenvalue weighted by molar-refractivity contribution is 0.0997. The number of piperazine rings is 1. The van der Waals surface area contributed by atoms with Crippen molar-refractivity contribution in [3.05, 3.63) is 17.2 Å². The average Bonchev–Trinajstić information content (AvgIpc) is 3.32. The van der Waals surface area contributed by atoms with Crippen LogP contribution in [-0.2, 0) is 0 Å². The Morgan fingerprint density at radius 3 is 2.74 bits per heavy atom. The maximum absolute atomic E-state index is 10.7. The molecule has 2 saturated carbocycles. The number of nitrogens with one attached hydrogen (secondary N) is 2. The van der Waals surface area contributed by atoms with Gasteiger partial charge in [0.2, 0.25) is 0 Å². The fraction of sp³-hybridized carbons (Fsp3) is 0.632. The van der Waals surface area contributed by atoms with E-state index < -0.39 is 0 Å². The van der Waals surface area contributed by atoms with Gasteiger partial charge in [0.25, 0.3) is 0 Å². The molecule has 4 N–H and O–H groups in total. The first kappa shape index (κ1) is 18.1. The number of aliphatic hydroxyl groups excluding tert-OH is 2. The third kappa shape index (κ3) is 3.23. The molecule has 0 radical (unpaired) electrons. The van der Waals surface area contributed by atoms with E-state index in [1.165, 1.54) is 0 Å². The maximum atomic E-state index is 10.7. The zero-order valence-corrected chi connectivity index (χ0v) is 16.6. The van der Waals surface area contributed by atoms with Gasteiger partial charge in [0.15, 0.2) is 5.16 Å². The molecule has 0 amide bonds. The van der Waals surface area contributed by atoms with E-state index in [0.717, 1.165) is 72.3 Å². The largest absolute Gasteiger partial charge is 0.393 e. The number of fused-ring (bicyclic) bond motifs is 2. The van der Waals surface area contributed by atoms with Crippen LogP contribution in [0.1, 0.15) is 19.3 Å². The van der Waals surface area contributed by atoms with Crippen LogP contribution < -0.4 is 10.2 Å². The van der Waals surface area contributed by atoms with E-state index in [0.29, 0.717) is 0 Å². The first-order valence-electron chi connectivity index (χ1n) is 9.78. The van der Waals surface area contributed by atoms with E-state index in [2.05, 4.69) is 21.3 Å². The van der Waals surface area contributed by atoms with Crippen LogP contribution in [0, 0.1) is 11.8 Å². The van der Waals surface area contributed by atoms with Crippen LogP contribution in [0.2, 0.25) is 5.02 Å². The molecule has 0 spiro atoms. The lowest BCUT2D eigenvalue weighted by atomic mass is 9.98. The van der Waals surface area contributed by atoms with Gasteiger partial charge in [0, 0.05) is 31.4 Å². The predicted octanol–water partition coefficient (Wildman–Crippen LogP) is 2.24. The molecule has 1 aromatic carbocycles. The summed E-state index contributed by atoms with van der Waals surface area (Å²) in [6.07, 6.45) is 1.97. The Bertz CT molecular complexity index is 840. The van der Waals surface area contributed by atoms with Crippen molar-refractivity contribution in [3.63, 3.8) is 0 Å². The van der Waals surface area contributed by atoms with Crippen LogP contribution in [0.5, 0.6) is 0 Å². The molecule has 2 heterocycles. The molecule has 0 bridgehead atoms. The zero-order valence-electron chi connectivity index (χ0n) is 15.1. The number of aromatic amines is 1. The van der Waals surface area contributed by atoms with E-state index in [9.17, 15) is 10.2 Å². The van der Waals surface area contributed by atoms with Crippen molar-refractivity contribution >= 4 is 40.1 Å². The van der Waals surface area contributed by atoms with Gasteiger partial charge in [-0.15, -0.1) is 0 Å². The van der Waals surface area contributed by atoms with Crippen LogP contribution in [0.4, 0.5) is 5.69 Å². The third-order valence-electron chi connectivity index (χ3n) is 6.41. The van der Waals surface area contributed by atoms with E-state index in [-0.39, 0.29) is 29.3 Å². The second-order valence-electron chi connectivity index (χ2n) is 7.95. The zero-order chi connectivity index (χ0) is 18.5. The van der Waals surface area contributed by atoms with Crippen molar-refractivity contribution in [1.82, 2.24) is 15.3 Å². The molecule has 3 unspecified atom stereocenters. The highest BCUT2D eigenvalue weighted by Crippen LogP contribution is 2.49. The number of halogens is 1. The molecule has 8 heteroatoms. The molecule has 146 valence electrons. The van der Waals surface area contributed by atoms with Crippen LogP contribution in [0.15, 0.2) is 17.3 Å². The molecule has 1 aromatic heterocycles. The third-order valence-corrected chi connectivity index (χ3v) is 7.91. The summed E-state index contributed by atoms with van der Waals surface area (Å²) in [7, 11) is 0. The number of hydrogen-bond donors (Lipinski definition) is 4. The van der Waals surface area contributed by atoms with Gasteiger partial charge in [0.1, 0.15) is 0 Å². The lowest BCUT2D eigenvalue weighted by Gasteiger charge is -2.30. The number of anilines is 1. The smallest absolute Gasteiger partial charge is 0.166 e. The molecule has 6 nitrogen and oxygen atoms in total. The first-order chi connectivity index (χ1) is 13.1. The molecular formula is C19H25ClN4O2S. The minimum atomic E-state index is -0.370. The number of rotatable bonds is 3. The highest BCUT2D eigenvalue weighted by molar-refractivity contribution is 7.99. The van der Waals surface area contributed by atoms with Crippen molar-refractivity contribution < 1.29 is 10.2 Å². The standard InChI is InChI=1S/C19H25ClN4O2S/c20-12-8-13-14(9-15(12)24-5-3-21-4-6-24)23-19(22-13)27-17-7-11-10(18(17)26)1-2-16(11)25/h8-11,16-18,21,25-26H,1-7H2,(H,22,23)/t10?,11?,16-,17?,18-/m1/s1. The summed E-state index contributed by atoms with van der Waals surface area (Å²) < 4.78 is 0. The molecule has 2 aliphatic carbocycles. The second-order valence-corrected chi connectivity index (χ2v) is 9.59. The number of benzene rings is 1. The topological polar surface area (TPSA) is 84.4 Å². The Balaban J connectivity index is 1.37. The maximum Gasteiger partial charge on any atom is 0.166 e. The van der Waals surface area contributed by atoms with Crippen LogP contribution in [-0.4, -0.2) is 63.8 Å². The van der Waals surface area contributed by atoms with Crippen molar-refractivity contribution in [2.24, 2.45) is 11.8 Å². The number of H-pyrrole nitrogens is 1. The van der Waals surface area contributed by atoms with Gasteiger partial charge < -0.3 is 25.4 Å². The van der Waals surface area contributed by atoms with Crippen molar-refractivity contribution in [1.29, 1.82) is 0 Å². The summed E-state index contributed by atoms with van der Waals surface area (Å²) in [6.45, 7) is 3.81. The summed E-state index contributed by atoms with van der Waals surface area (Å²) in [5, 5.41) is 25.8. The van der Waals surface area contributed by atoms with Gasteiger partial charge in [0.05, 0.1) is 34.0 Å². The summed E-state index contributed by atoms with van der Waals surface area (Å²) in [5.41, 5.74) is 2.87. The SMILES string of the molecule is O[C@H]1C(Sc2nc3cc(N4CCNCC4)c(Cl)cc3[nH]2)CC2C1CC[C@H]2O. The molecule has 5 atom stereocenters. The van der Waals surface area contributed by atoms with Crippen molar-refractivity contribution in [2.45, 2.75) is 41.9 Å². The van der Waals surface area contributed by atoms with Crippen LogP contribution in [0.25, 0.3) is 11.0 Å². The second kappa shape index (κ2) is 7.12. The van der Waals surface area contributed by atoms with Gasteiger partial charge in [-0.2, -0.15) is 0 Å². The Hall–Kier alpha value is -0.990. The fourth-order valence-corrected chi connectivity index (χ4v) is 6.53. The minimum Gasteiger partial charge on any atom is -0.393 e. The fourth-order valence-electron chi connectivity index (χ4n) is 4.98. The van der Waals surface area contributed by atoms with Gasteiger partial charge in [-0.25, -0.2) is 4.98 Å². The number of aromatic nitrogens is 2. The Morgan fingerprint density at radius 2 is 1.96 bits per heavy atom.